The number of alkyl halides is 3. The molecule has 1 unspecified atom stereocenters. The molecule has 256 valence electrons. The van der Waals surface area contributed by atoms with Gasteiger partial charge in [0.25, 0.3) is 11.5 Å². The van der Waals surface area contributed by atoms with Gasteiger partial charge in [-0.1, -0.05) is 26.8 Å². The summed E-state index contributed by atoms with van der Waals surface area (Å²) < 4.78 is 56.3. The molecule has 2 aromatic carbocycles. The van der Waals surface area contributed by atoms with Crippen LogP contribution < -0.4 is 25.7 Å². The maximum atomic E-state index is 14.0. The highest BCUT2D eigenvalue weighted by Gasteiger charge is 2.47. The fourth-order valence-corrected chi connectivity index (χ4v) is 5.22. The number of nitrogens with one attached hydrogen (secondary N) is 4. The highest BCUT2D eigenvalue weighted by atomic mass is 19.4. The molecule has 1 aliphatic heterocycles. The van der Waals surface area contributed by atoms with E-state index in [1.165, 1.54) is 38.6 Å². The summed E-state index contributed by atoms with van der Waals surface area (Å²) in [6, 6.07) is 8.84. The number of benzene rings is 2. The van der Waals surface area contributed by atoms with Gasteiger partial charge in [0.05, 0.1) is 31.5 Å². The number of methoxy groups -OCH3 is 1. The molecule has 3 aromatic rings. The Morgan fingerprint density at radius 2 is 1.81 bits per heavy atom. The molecule has 0 spiro atoms. The average molecular weight is 672 g/mol. The van der Waals surface area contributed by atoms with Crippen LogP contribution in [-0.4, -0.2) is 66.9 Å². The van der Waals surface area contributed by atoms with Gasteiger partial charge in [0.1, 0.15) is 17.3 Å². The summed E-state index contributed by atoms with van der Waals surface area (Å²) in [5.41, 5.74) is 0.526. The van der Waals surface area contributed by atoms with Gasteiger partial charge in [-0.05, 0) is 42.7 Å². The fourth-order valence-electron chi connectivity index (χ4n) is 5.22. The molecule has 48 heavy (non-hydrogen) atoms. The van der Waals surface area contributed by atoms with E-state index >= 15 is 0 Å². The number of carbonyl (C=O) groups excluding carboxylic acids is 3. The summed E-state index contributed by atoms with van der Waals surface area (Å²) in [5, 5.41) is 14.4. The van der Waals surface area contributed by atoms with Crippen LogP contribution in [0.1, 0.15) is 76.9 Å². The minimum Gasteiger partial charge on any atom is -0.494 e. The largest absolute Gasteiger partial charge is 0.494 e. The van der Waals surface area contributed by atoms with Crippen molar-refractivity contribution >= 4 is 29.2 Å². The molecule has 4 N–H and O–H groups in total. The van der Waals surface area contributed by atoms with Crippen molar-refractivity contribution in [3.8, 4) is 11.5 Å². The number of Topliss-reactive ketones (excluding diaryl/α,β-unsaturated/α-hetero) is 1. The lowest BCUT2D eigenvalue weighted by Gasteiger charge is -2.28. The zero-order chi connectivity index (χ0) is 35.6. The molecule has 1 amide bonds. The highest BCUT2D eigenvalue weighted by molar-refractivity contribution is 6.08. The molecule has 0 saturated heterocycles. The standard InChI is InChI=1S/C33H36F3N5O7/c1-7-47-25-14-20-19(13-21(25)29(44)38-5)27(37)41(30(20)48-31(45)33(34,35)36)16-24(42)18-11-22(32(2,3)4)26(46-6)23(12-18)40-15-17-9-8-10-39-28(17)43/h8-14,30,37,40H,7,15-16H2,1-6H3,(H,38,44)(H,39,43). The van der Waals surface area contributed by atoms with Gasteiger partial charge < -0.3 is 34.7 Å². The van der Waals surface area contributed by atoms with Gasteiger partial charge in [0.15, 0.2) is 5.78 Å². The van der Waals surface area contributed by atoms with E-state index in [4.69, 9.17) is 19.6 Å². The summed E-state index contributed by atoms with van der Waals surface area (Å²) in [4.78, 5) is 54.4. The van der Waals surface area contributed by atoms with Gasteiger partial charge in [0.2, 0.25) is 6.23 Å². The predicted octanol–water partition coefficient (Wildman–Crippen LogP) is 4.68. The fraction of sp³-hybridized carbons (Fsp3) is 0.364. The number of aromatic nitrogens is 1. The maximum absolute atomic E-state index is 14.0. The molecule has 1 aromatic heterocycles. The number of anilines is 1. The number of pyridine rings is 1. The molecule has 4 rings (SSSR count). The Hall–Kier alpha value is -5.34. The minimum atomic E-state index is -5.37. The number of hydrogen-bond donors (Lipinski definition) is 4. The number of amides is 1. The van der Waals surface area contributed by atoms with E-state index in [2.05, 4.69) is 15.6 Å². The van der Waals surface area contributed by atoms with E-state index in [9.17, 15) is 32.3 Å². The van der Waals surface area contributed by atoms with Crippen molar-refractivity contribution in [3.05, 3.63) is 86.3 Å². The smallest absolute Gasteiger partial charge is 0.491 e. The van der Waals surface area contributed by atoms with Gasteiger partial charge in [-0.3, -0.25) is 19.8 Å². The van der Waals surface area contributed by atoms with Gasteiger partial charge in [-0.15, -0.1) is 0 Å². The molecule has 0 aliphatic carbocycles. The van der Waals surface area contributed by atoms with Crippen LogP contribution in [0.15, 0.2) is 47.4 Å². The summed E-state index contributed by atoms with van der Waals surface area (Å²) in [6.45, 7) is 6.80. The van der Waals surface area contributed by atoms with Crippen molar-refractivity contribution in [1.29, 1.82) is 5.41 Å². The number of ketones is 1. The lowest BCUT2D eigenvalue weighted by molar-refractivity contribution is -0.210. The number of rotatable bonds is 11. The molecule has 1 aliphatic rings. The first-order chi connectivity index (χ1) is 22.5. The Labute approximate surface area is 274 Å². The first-order valence-electron chi connectivity index (χ1n) is 14.8. The van der Waals surface area contributed by atoms with Crippen molar-refractivity contribution in [2.24, 2.45) is 0 Å². The van der Waals surface area contributed by atoms with Crippen LogP contribution in [-0.2, 0) is 21.5 Å². The molecule has 0 fully saturated rings. The Balaban J connectivity index is 1.78. The first-order valence-corrected chi connectivity index (χ1v) is 14.8. The van der Waals surface area contributed by atoms with E-state index in [1.807, 2.05) is 20.8 Å². The number of aromatic amines is 1. The lowest BCUT2D eigenvalue weighted by Crippen LogP contribution is -2.38. The third-order valence-corrected chi connectivity index (χ3v) is 7.57. The van der Waals surface area contributed by atoms with Crippen molar-refractivity contribution < 1.29 is 41.8 Å². The van der Waals surface area contributed by atoms with Crippen LogP contribution in [0.2, 0.25) is 0 Å². The first kappa shape index (κ1) is 35.5. The molecule has 0 bridgehead atoms. The number of H-pyrrole nitrogens is 1. The molecule has 1 atom stereocenters. The number of hydrogen-bond acceptors (Lipinski definition) is 9. The van der Waals surface area contributed by atoms with Crippen molar-refractivity contribution in [1.82, 2.24) is 15.2 Å². The van der Waals surface area contributed by atoms with E-state index in [1.54, 1.807) is 25.1 Å². The monoisotopic (exact) mass is 671 g/mol. The second-order valence-electron chi connectivity index (χ2n) is 11.8. The number of halogens is 3. The van der Waals surface area contributed by atoms with Crippen molar-refractivity contribution in [2.45, 2.75) is 52.1 Å². The van der Waals surface area contributed by atoms with Crippen LogP contribution in [0, 0.1) is 5.41 Å². The van der Waals surface area contributed by atoms with Crippen LogP contribution in [0.25, 0.3) is 0 Å². The van der Waals surface area contributed by atoms with E-state index in [0.29, 0.717) is 22.6 Å². The summed E-state index contributed by atoms with van der Waals surface area (Å²) in [5.74, 6) is -3.79. The number of fused-ring (bicyclic) bond motifs is 1. The van der Waals surface area contributed by atoms with Gasteiger partial charge in [0, 0.05) is 47.6 Å². The van der Waals surface area contributed by atoms with Gasteiger partial charge in [-0.25, -0.2) is 4.79 Å². The number of carbonyl (C=O) groups is 3. The predicted molar refractivity (Wildman–Crippen MR) is 170 cm³/mol. The zero-order valence-electron chi connectivity index (χ0n) is 27.2. The molecule has 12 nitrogen and oxygen atoms in total. The van der Waals surface area contributed by atoms with E-state index < -0.39 is 47.9 Å². The van der Waals surface area contributed by atoms with Crippen LogP contribution in [0.3, 0.4) is 0 Å². The molecule has 2 heterocycles. The molecular formula is C33H36F3N5O7. The number of esters is 1. The Morgan fingerprint density at radius 1 is 1.10 bits per heavy atom. The Morgan fingerprint density at radius 3 is 2.40 bits per heavy atom. The molecular weight excluding hydrogens is 635 g/mol. The van der Waals surface area contributed by atoms with Crippen molar-refractivity contribution in [2.75, 3.05) is 32.6 Å². The normalized spacial score (nSPS) is 14.3. The summed E-state index contributed by atoms with van der Waals surface area (Å²) >= 11 is 0. The Kier molecular flexibility index (Phi) is 10.2. The van der Waals surface area contributed by atoms with E-state index in [0.717, 1.165) is 4.90 Å². The number of ether oxygens (including phenoxy) is 3. The highest BCUT2D eigenvalue weighted by Crippen LogP contribution is 2.41. The molecule has 15 heteroatoms. The number of amidine groups is 1. The van der Waals surface area contributed by atoms with Crippen molar-refractivity contribution in [3.63, 3.8) is 0 Å². The quantitative estimate of drug-likeness (QED) is 0.168. The summed E-state index contributed by atoms with van der Waals surface area (Å²) in [7, 11) is 2.83. The topological polar surface area (TPSA) is 163 Å². The SMILES string of the molecule is CCOc1cc2c(cc1C(=O)NC)C(=N)N(CC(=O)c1cc(NCc3ccc[nH]c3=O)c(OC)c(C(C)(C)C)c1)C2OC(=O)C(F)(F)F. The number of nitrogens with zero attached hydrogens (tertiary/aromatic N) is 1. The van der Waals surface area contributed by atoms with E-state index in [-0.39, 0.29) is 46.7 Å². The van der Waals surface area contributed by atoms with Crippen LogP contribution >= 0.6 is 0 Å². The third-order valence-electron chi connectivity index (χ3n) is 7.57. The second-order valence-corrected chi connectivity index (χ2v) is 11.8. The molecule has 0 saturated carbocycles. The molecule has 0 radical (unpaired) electrons. The Bertz CT molecular complexity index is 1810. The third kappa shape index (κ3) is 7.29. The van der Waals surface area contributed by atoms with Crippen LogP contribution in [0.4, 0.5) is 18.9 Å². The second kappa shape index (κ2) is 13.8. The maximum Gasteiger partial charge on any atom is 0.491 e. The zero-order valence-corrected chi connectivity index (χ0v) is 27.2. The lowest BCUT2D eigenvalue weighted by atomic mass is 9.84. The van der Waals surface area contributed by atoms with Gasteiger partial charge >= 0.3 is 12.1 Å². The minimum absolute atomic E-state index is 0.00475. The summed E-state index contributed by atoms with van der Waals surface area (Å²) in [6.07, 6.45) is -5.72. The average Bonchev–Trinajstić information content (AvgIpc) is 3.27. The van der Waals surface area contributed by atoms with Gasteiger partial charge in [-0.2, -0.15) is 13.2 Å². The van der Waals surface area contributed by atoms with Crippen LogP contribution in [0.5, 0.6) is 11.5 Å².